The monoisotopic (exact) mass is 504 g/mol. The fraction of sp³-hybridized carbons (Fsp3) is 0.481. The van der Waals surface area contributed by atoms with Crippen LogP contribution in [0.5, 0.6) is 0 Å². The Hall–Kier alpha value is -2.05. The summed E-state index contributed by atoms with van der Waals surface area (Å²) in [5, 5.41) is 3.89. The molecule has 0 unspecified atom stereocenters. The molecule has 0 saturated heterocycles. The van der Waals surface area contributed by atoms with Crippen molar-refractivity contribution in [1.29, 1.82) is 0 Å². The maximum atomic E-state index is 13.4. The number of carbonyl (C=O) groups is 2. The first-order valence-corrected chi connectivity index (χ1v) is 13.5. The lowest BCUT2D eigenvalue weighted by molar-refractivity contribution is -0.141. The van der Waals surface area contributed by atoms with Gasteiger partial charge in [0, 0.05) is 28.9 Å². The van der Waals surface area contributed by atoms with Gasteiger partial charge in [0.1, 0.15) is 11.9 Å². The van der Waals surface area contributed by atoms with Crippen molar-refractivity contribution in [2.24, 2.45) is 0 Å². The SMILES string of the molecule is CC[C@H](C(=O)NC1CCCCC1)N(Cc1ccc(F)cc1)C(=O)CCCSc1ccc(Cl)cc1. The molecular weight excluding hydrogens is 471 g/mol. The minimum atomic E-state index is -0.539. The van der Waals surface area contributed by atoms with E-state index in [4.69, 9.17) is 11.6 Å². The normalized spacial score (nSPS) is 15.0. The van der Waals surface area contributed by atoms with Gasteiger partial charge in [-0.2, -0.15) is 0 Å². The third-order valence-corrected chi connectivity index (χ3v) is 7.57. The molecule has 3 rings (SSSR count). The Kier molecular flexibility index (Phi) is 10.7. The molecule has 1 aliphatic carbocycles. The van der Waals surface area contributed by atoms with Crippen LogP contribution in [0.4, 0.5) is 4.39 Å². The zero-order valence-corrected chi connectivity index (χ0v) is 21.3. The van der Waals surface area contributed by atoms with E-state index in [2.05, 4.69) is 5.32 Å². The van der Waals surface area contributed by atoms with Gasteiger partial charge in [0.15, 0.2) is 0 Å². The highest BCUT2D eigenvalue weighted by Gasteiger charge is 2.30. The second-order valence-electron chi connectivity index (χ2n) is 8.82. The summed E-state index contributed by atoms with van der Waals surface area (Å²) in [4.78, 5) is 29.3. The van der Waals surface area contributed by atoms with Crippen LogP contribution in [0, 0.1) is 5.82 Å². The number of thioether (sulfide) groups is 1. The molecule has 184 valence electrons. The predicted octanol–water partition coefficient (Wildman–Crippen LogP) is 6.61. The number of hydrogen-bond donors (Lipinski definition) is 1. The highest BCUT2D eigenvalue weighted by Crippen LogP contribution is 2.23. The van der Waals surface area contributed by atoms with Crippen molar-refractivity contribution in [3.05, 3.63) is 64.9 Å². The largest absolute Gasteiger partial charge is 0.352 e. The molecule has 1 atom stereocenters. The third kappa shape index (κ3) is 8.31. The van der Waals surface area contributed by atoms with Gasteiger partial charge in [-0.1, -0.05) is 49.9 Å². The Morgan fingerprint density at radius 2 is 1.76 bits per heavy atom. The van der Waals surface area contributed by atoms with Crippen molar-refractivity contribution in [1.82, 2.24) is 10.2 Å². The van der Waals surface area contributed by atoms with Gasteiger partial charge < -0.3 is 10.2 Å². The molecule has 0 aromatic heterocycles. The second-order valence-corrected chi connectivity index (χ2v) is 10.4. The first-order valence-electron chi connectivity index (χ1n) is 12.2. The predicted molar refractivity (Wildman–Crippen MR) is 137 cm³/mol. The molecule has 0 radical (unpaired) electrons. The topological polar surface area (TPSA) is 49.4 Å². The van der Waals surface area contributed by atoms with E-state index in [1.165, 1.54) is 18.6 Å². The smallest absolute Gasteiger partial charge is 0.243 e. The average molecular weight is 505 g/mol. The number of hydrogen-bond acceptors (Lipinski definition) is 3. The van der Waals surface area contributed by atoms with Crippen LogP contribution < -0.4 is 5.32 Å². The van der Waals surface area contributed by atoms with Gasteiger partial charge in [-0.05, 0) is 73.4 Å². The second kappa shape index (κ2) is 13.7. The van der Waals surface area contributed by atoms with E-state index < -0.39 is 6.04 Å². The van der Waals surface area contributed by atoms with Crippen LogP contribution in [0.2, 0.25) is 5.02 Å². The molecule has 2 aromatic rings. The molecule has 0 bridgehead atoms. The number of amides is 2. The molecule has 34 heavy (non-hydrogen) atoms. The molecule has 1 aliphatic rings. The molecule has 1 fully saturated rings. The summed E-state index contributed by atoms with van der Waals surface area (Å²) >= 11 is 7.62. The molecule has 7 heteroatoms. The Labute approximate surface area is 211 Å². The molecule has 0 aliphatic heterocycles. The summed E-state index contributed by atoms with van der Waals surface area (Å²) in [7, 11) is 0. The highest BCUT2D eigenvalue weighted by molar-refractivity contribution is 7.99. The summed E-state index contributed by atoms with van der Waals surface area (Å²) in [5.74, 6) is 0.345. The van der Waals surface area contributed by atoms with Crippen molar-refractivity contribution in [2.45, 2.75) is 81.8 Å². The highest BCUT2D eigenvalue weighted by atomic mass is 35.5. The van der Waals surface area contributed by atoms with Gasteiger partial charge in [0.2, 0.25) is 11.8 Å². The van der Waals surface area contributed by atoms with E-state index in [1.54, 1.807) is 28.8 Å². The van der Waals surface area contributed by atoms with Gasteiger partial charge in [-0.3, -0.25) is 9.59 Å². The summed E-state index contributed by atoms with van der Waals surface area (Å²) in [6.07, 6.45) is 7.06. The fourth-order valence-electron chi connectivity index (χ4n) is 4.34. The van der Waals surface area contributed by atoms with Crippen molar-refractivity contribution in [3.8, 4) is 0 Å². The van der Waals surface area contributed by atoms with E-state index in [-0.39, 0.29) is 23.7 Å². The molecule has 1 N–H and O–H groups in total. The van der Waals surface area contributed by atoms with E-state index >= 15 is 0 Å². The van der Waals surface area contributed by atoms with Gasteiger partial charge in [-0.15, -0.1) is 11.8 Å². The summed E-state index contributed by atoms with van der Waals surface area (Å²) < 4.78 is 13.4. The molecule has 1 saturated carbocycles. The van der Waals surface area contributed by atoms with Crippen molar-refractivity contribution < 1.29 is 14.0 Å². The standard InChI is InChI=1S/C27H34ClFN2O2S/c1-2-25(27(33)30-23-7-4-3-5-8-23)31(19-20-10-14-22(29)15-11-20)26(32)9-6-18-34-24-16-12-21(28)13-17-24/h10-17,23,25H,2-9,18-19H2,1H3,(H,30,33)/t25-/m1/s1. The van der Waals surface area contributed by atoms with Crippen LogP contribution in [-0.2, 0) is 16.1 Å². The van der Waals surface area contributed by atoms with Crippen LogP contribution in [-0.4, -0.2) is 34.6 Å². The van der Waals surface area contributed by atoms with Gasteiger partial charge >= 0.3 is 0 Å². The zero-order chi connectivity index (χ0) is 24.3. The first-order chi connectivity index (χ1) is 16.5. The molecule has 2 amide bonds. The Morgan fingerprint density at radius 3 is 2.41 bits per heavy atom. The number of nitrogens with one attached hydrogen (secondary N) is 1. The fourth-order valence-corrected chi connectivity index (χ4v) is 5.32. The van der Waals surface area contributed by atoms with Crippen molar-refractivity contribution >= 4 is 35.2 Å². The van der Waals surface area contributed by atoms with Crippen LogP contribution in [0.1, 0.15) is 63.9 Å². The quantitative estimate of drug-likeness (QED) is 0.277. The first kappa shape index (κ1) is 26.6. The molecule has 2 aromatic carbocycles. The summed E-state index contributed by atoms with van der Waals surface area (Å²) in [6, 6.07) is 13.4. The average Bonchev–Trinajstić information content (AvgIpc) is 2.84. The lowest BCUT2D eigenvalue weighted by Gasteiger charge is -2.33. The van der Waals surface area contributed by atoms with E-state index in [0.29, 0.717) is 30.8 Å². The van der Waals surface area contributed by atoms with Crippen molar-refractivity contribution in [3.63, 3.8) is 0 Å². The lowest BCUT2D eigenvalue weighted by atomic mass is 9.95. The number of halogens is 2. The van der Waals surface area contributed by atoms with E-state index in [1.807, 2.05) is 31.2 Å². The van der Waals surface area contributed by atoms with E-state index in [9.17, 15) is 14.0 Å². The Bertz CT molecular complexity index is 917. The maximum Gasteiger partial charge on any atom is 0.243 e. The van der Waals surface area contributed by atoms with Crippen LogP contribution in [0.3, 0.4) is 0 Å². The molecule has 4 nitrogen and oxygen atoms in total. The zero-order valence-electron chi connectivity index (χ0n) is 19.8. The van der Waals surface area contributed by atoms with Crippen LogP contribution in [0.15, 0.2) is 53.4 Å². The number of benzene rings is 2. The lowest BCUT2D eigenvalue weighted by Crippen LogP contribution is -2.51. The summed E-state index contributed by atoms with van der Waals surface area (Å²) in [5.41, 5.74) is 0.814. The van der Waals surface area contributed by atoms with Crippen LogP contribution >= 0.6 is 23.4 Å². The summed E-state index contributed by atoms with van der Waals surface area (Å²) in [6.45, 7) is 2.23. The minimum absolute atomic E-state index is 0.0494. The van der Waals surface area contributed by atoms with E-state index in [0.717, 1.165) is 41.9 Å². The third-order valence-electron chi connectivity index (χ3n) is 6.22. The Balaban J connectivity index is 1.63. The van der Waals surface area contributed by atoms with Crippen molar-refractivity contribution in [2.75, 3.05) is 5.75 Å². The van der Waals surface area contributed by atoms with Gasteiger partial charge in [-0.25, -0.2) is 4.39 Å². The molecule has 0 spiro atoms. The Morgan fingerprint density at radius 1 is 1.09 bits per heavy atom. The number of carbonyl (C=O) groups excluding carboxylic acids is 2. The number of rotatable bonds is 11. The van der Waals surface area contributed by atoms with Gasteiger partial charge in [0.05, 0.1) is 0 Å². The maximum absolute atomic E-state index is 13.4. The van der Waals surface area contributed by atoms with Gasteiger partial charge in [0.25, 0.3) is 0 Å². The minimum Gasteiger partial charge on any atom is -0.352 e. The molecular formula is C27H34ClFN2O2S. The molecule has 0 heterocycles. The number of nitrogens with zero attached hydrogens (tertiary/aromatic N) is 1. The van der Waals surface area contributed by atoms with Crippen LogP contribution in [0.25, 0.3) is 0 Å².